The van der Waals surface area contributed by atoms with Gasteiger partial charge in [-0.05, 0) is 30.9 Å². The van der Waals surface area contributed by atoms with Crippen LogP contribution in [0.25, 0.3) is 0 Å². The zero-order valence-electron chi connectivity index (χ0n) is 8.92. The lowest BCUT2D eigenvalue weighted by Crippen LogP contribution is -2.25. The Morgan fingerprint density at radius 2 is 2.20 bits per heavy atom. The summed E-state index contributed by atoms with van der Waals surface area (Å²) in [6.45, 7) is -0.491. The zero-order valence-corrected chi connectivity index (χ0v) is 8.92. The highest BCUT2D eigenvalue weighted by Crippen LogP contribution is 2.37. The predicted octanol–water partition coefficient (Wildman–Crippen LogP) is 2.20. The molecular weight excluding hydrogens is 193 g/mol. The molecule has 0 bridgehead atoms. The van der Waals surface area contributed by atoms with Gasteiger partial charge in [0.2, 0.25) is 0 Å². The number of halogens is 1. The minimum absolute atomic E-state index is 0.0870. The van der Waals surface area contributed by atoms with Gasteiger partial charge in [0.05, 0.1) is 7.11 Å². The molecule has 0 aliphatic heterocycles. The van der Waals surface area contributed by atoms with Crippen molar-refractivity contribution in [2.45, 2.75) is 31.5 Å². The number of methoxy groups -OCH3 is 1. The van der Waals surface area contributed by atoms with Crippen molar-refractivity contribution < 1.29 is 9.13 Å². The highest BCUT2D eigenvalue weighted by atomic mass is 19.1. The fourth-order valence-corrected chi connectivity index (χ4v) is 1.84. The monoisotopic (exact) mass is 209 g/mol. The van der Waals surface area contributed by atoms with Crippen molar-refractivity contribution >= 4 is 0 Å². The van der Waals surface area contributed by atoms with Gasteiger partial charge in [-0.25, -0.2) is 4.39 Å². The molecule has 15 heavy (non-hydrogen) atoms. The fourth-order valence-electron chi connectivity index (χ4n) is 1.84. The average Bonchev–Trinajstić information content (AvgIpc) is 2.95. The average molecular weight is 209 g/mol. The highest BCUT2D eigenvalue weighted by molar-refractivity contribution is 5.41. The molecule has 2 N–H and O–H groups in total. The number of nitrogens with two attached hydrogens (primary N) is 1. The summed E-state index contributed by atoms with van der Waals surface area (Å²) in [7, 11) is 1.56. The topological polar surface area (TPSA) is 35.2 Å². The maximum atomic E-state index is 12.9. The first-order valence-corrected chi connectivity index (χ1v) is 5.18. The van der Waals surface area contributed by atoms with Gasteiger partial charge >= 0.3 is 0 Å². The standard InChI is InChI=1S/C12H16FNO/c1-15-11-4-2-3-9(10(11)8-13)7-12(14)5-6-12/h2-4H,5-8,14H2,1H3. The van der Waals surface area contributed by atoms with E-state index in [1.165, 1.54) is 0 Å². The van der Waals surface area contributed by atoms with Crippen molar-refractivity contribution in [1.82, 2.24) is 0 Å². The Bertz CT molecular complexity index is 361. The van der Waals surface area contributed by atoms with E-state index in [0.29, 0.717) is 11.3 Å². The molecule has 0 atom stereocenters. The third kappa shape index (κ3) is 2.12. The molecule has 2 nitrogen and oxygen atoms in total. The quantitative estimate of drug-likeness (QED) is 0.825. The van der Waals surface area contributed by atoms with Crippen LogP contribution < -0.4 is 10.5 Å². The molecule has 0 heterocycles. The maximum Gasteiger partial charge on any atom is 0.124 e. The van der Waals surface area contributed by atoms with E-state index in [9.17, 15) is 4.39 Å². The lowest BCUT2D eigenvalue weighted by atomic mass is 9.99. The van der Waals surface area contributed by atoms with E-state index in [0.717, 1.165) is 24.8 Å². The van der Waals surface area contributed by atoms with Crippen LogP contribution in [0.4, 0.5) is 4.39 Å². The van der Waals surface area contributed by atoms with Crippen molar-refractivity contribution in [2.24, 2.45) is 5.73 Å². The van der Waals surface area contributed by atoms with Gasteiger partial charge in [0.25, 0.3) is 0 Å². The van der Waals surface area contributed by atoms with Crippen LogP contribution in [0.3, 0.4) is 0 Å². The molecule has 1 aliphatic rings. The van der Waals surface area contributed by atoms with Gasteiger partial charge in [-0.15, -0.1) is 0 Å². The number of benzene rings is 1. The van der Waals surface area contributed by atoms with Crippen molar-refractivity contribution in [2.75, 3.05) is 7.11 Å². The van der Waals surface area contributed by atoms with Crippen molar-refractivity contribution in [3.05, 3.63) is 29.3 Å². The van der Waals surface area contributed by atoms with Crippen LogP contribution in [0.1, 0.15) is 24.0 Å². The molecule has 3 heteroatoms. The molecule has 0 unspecified atom stereocenters. The Hall–Kier alpha value is -1.09. The first-order valence-electron chi connectivity index (χ1n) is 5.18. The number of rotatable bonds is 4. The van der Waals surface area contributed by atoms with Crippen LogP contribution in [0.2, 0.25) is 0 Å². The summed E-state index contributed by atoms with van der Waals surface area (Å²) in [6, 6.07) is 5.61. The van der Waals surface area contributed by atoms with Gasteiger partial charge in [-0.2, -0.15) is 0 Å². The summed E-state index contributed by atoms with van der Waals surface area (Å²) in [4.78, 5) is 0. The maximum absolute atomic E-state index is 12.9. The molecule has 0 amide bonds. The lowest BCUT2D eigenvalue weighted by Gasteiger charge is -2.14. The Balaban J connectivity index is 2.28. The first kappa shape index (κ1) is 10.4. The third-order valence-electron chi connectivity index (χ3n) is 3.02. The minimum atomic E-state index is -0.491. The van der Waals surface area contributed by atoms with E-state index in [2.05, 4.69) is 0 Å². The number of ether oxygens (including phenoxy) is 1. The summed E-state index contributed by atoms with van der Waals surface area (Å²) in [6.07, 6.45) is 2.83. The summed E-state index contributed by atoms with van der Waals surface area (Å²) in [5, 5.41) is 0. The van der Waals surface area contributed by atoms with Crippen molar-refractivity contribution in [3.63, 3.8) is 0 Å². The molecule has 1 fully saturated rings. The summed E-state index contributed by atoms with van der Waals surface area (Å²) < 4.78 is 18.0. The zero-order chi connectivity index (χ0) is 10.9. The van der Waals surface area contributed by atoms with E-state index in [4.69, 9.17) is 10.5 Å². The fraction of sp³-hybridized carbons (Fsp3) is 0.500. The van der Waals surface area contributed by atoms with Gasteiger partial charge in [0.1, 0.15) is 12.4 Å². The molecule has 0 saturated heterocycles. The second kappa shape index (κ2) is 3.81. The van der Waals surface area contributed by atoms with Crippen LogP contribution in [0.15, 0.2) is 18.2 Å². The highest BCUT2D eigenvalue weighted by Gasteiger charge is 2.38. The molecule has 0 aromatic heterocycles. The predicted molar refractivity (Wildman–Crippen MR) is 57.7 cm³/mol. The summed E-state index contributed by atoms with van der Waals surface area (Å²) in [5.41, 5.74) is 7.58. The third-order valence-corrected chi connectivity index (χ3v) is 3.02. The molecule has 2 rings (SSSR count). The van der Waals surface area contributed by atoms with Crippen LogP contribution in [-0.4, -0.2) is 12.6 Å². The smallest absolute Gasteiger partial charge is 0.124 e. The Kier molecular flexibility index (Phi) is 2.65. The Labute approximate surface area is 89.2 Å². The summed E-state index contributed by atoms with van der Waals surface area (Å²) in [5.74, 6) is 0.624. The second-order valence-electron chi connectivity index (χ2n) is 4.27. The molecule has 1 saturated carbocycles. The van der Waals surface area contributed by atoms with Crippen molar-refractivity contribution in [3.8, 4) is 5.75 Å². The molecule has 1 aliphatic carbocycles. The van der Waals surface area contributed by atoms with Gasteiger partial charge < -0.3 is 10.5 Å². The molecule has 0 spiro atoms. The summed E-state index contributed by atoms with van der Waals surface area (Å²) >= 11 is 0. The van der Waals surface area contributed by atoms with Crippen LogP contribution in [0, 0.1) is 0 Å². The molecular formula is C12H16FNO. The van der Waals surface area contributed by atoms with E-state index >= 15 is 0 Å². The van der Waals surface area contributed by atoms with Gasteiger partial charge in [0.15, 0.2) is 0 Å². The van der Waals surface area contributed by atoms with E-state index in [-0.39, 0.29) is 5.54 Å². The van der Waals surface area contributed by atoms with Crippen LogP contribution in [-0.2, 0) is 13.1 Å². The van der Waals surface area contributed by atoms with Crippen LogP contribution >= 0.6 is 0 Å². The van der Waals surface area contributed by atoms with Gasteiger partial charge in [-0.3, -0.25) is 0 Å². The molecule has 82 valence electrons. The Morgan fingerprint density at radius 3 is 2.73 bits per heavy atom. The van der Waals surface area contributed by atoms with E-state index < -0.39 is 6.67 Å². The number of alkyl halides is 1. The largest absolute Gasteiger partial charge is 0.496 e. The molecule has 1 aromatic rings. The molecule has 0 radical (unpaired) electrons. The SMILES string of the molecule is COc1cccc(CC2(N)CC2)c1CF. The van der Waals surface area contributed by atoms with E-state index in [1.807, 2.05) is 12.1 Å². The lowest BCUT2D eigenvalue weighted by molar-refractivity contribution is 0.392. The van der Waals surface area contributed by atoms with Gasteiger partial charge in [0, 0.05) is 11.1 Å². The van der Waals surface area contributed by atoms with Crippen molar-refractivity contribution in [1.29, 1.82) is 0 Å². The number of hydrogen-bond acceptors (Lipinski definition) is 2. The normalized spacial score (nSPS) is 17.5. The second-order valence-corrected chi connectivity index (χ2v) is 4.27. The van der Waals surface area contributed by atoms with Gasteiger partial charge in [-0.1, -0.05) is 12.1 Å². The molecule has 1 aromatic carbocycles. The Morgan fingerprint density at radius 1 is 1.47 bits per heavy atom. The van der Waals surface area contributed by atoms with Crippen LogP contribution in [0.5, 0.6) is 5.75 Å². The number of hydrogen-bond donors (Lipinski definition) is 1. The minimum Gasteiger partial charge on any atom is -0.496 e. The van der Waals surface area contributed by atoms with E-state index in [1.54, 1.807) is 13.2 Å². The first-order chi connectivity index (χ1) is 7.18.